The SMILES string of the molecule is CCCCCCCCOc1cccc(N(C)CCNC(C)=O)c1. The third kappa shape index (κ3) is 9.11. The smallest absolute Gasteiger partial charge is 0.216 e. The van der Waals surface area contributed by atoms with Gasteiger partial charge in [0.2, 0.25) is 5.91 Å². The molecule has 130 valence electrons. The van der Waals surface area contributed by atoms with Crippen molar-refractivity contribution in [3.05, 3.63) is 24.3 Å². The van der Waals surface area contributed by atoms with Crippen molar-refractivity contribution in [3.63, 3.8) is 0 Å². The Labute approximate surface area is 141 Å². The first kappa shape index (κ1) is 19.3. The van der Waals surface area contributed by atoms with Crippen LogP contribution in [0.3, 0.4) is 0 Å². The lowest BCUT2D eigenvalue weighted by molar-refractivity contribution is -0.118. The second-order valence-electron chi connectivity index (χ2n) is 6.02. The zero-order chi connectivity index (χ0) is 16.9. The minimum Gasteiger partial charge on any atom is -0.494 e. The number of ether oxygens (including phenoxy) is 1. The molecular weight excluding hydrogens is 288 g/mol. The van der Waals surface area contributed by atoms with Crippen molar-refractivity contribution in [3.8, 4) is 5.75 Å². The standard InChI is InChI=1S/C19H32N2O2/c1-4-5-6-7-8-9-15-23-19-12-10-11-18(16-19)21(3)14-13-20-17(2)22/h10-12,16H,4-9,13-15H2,1-3H3,(H,20,22). The number of unbranched alkanes of at least 4 members (excludes halogenated alkanes) is 5. The van der Waals surface area contributed by atoms with Gasteiger partial charge in [0.25, 0.3) is 0 Å². The predicted octanol–water partition coefficient (Wildman–Crippen LogP) is 4.00. The fourth-order valence-corrected chi connectivity index (χ4v) is 2.41. The number of hydrogen-bond donors (Lipinski definition) is 1. The molecule has 1 aromatic carbocycles. The Kier molecular flexibility index (Phi) is 9.92. The molecule has 0 fully saturated rings. The molecule has 1 amide bonds. The summed E-state index contributed by atoms with van der Waals surface area (Å²) < 4.78 is 5.85. The fourth-order valence-electron chi connectivity index (χ4n) is 2.41. The quantitative estimate of drug-likeness (QED) is 0.592. The van der Waals surface area contributed by atoms with Crippen LogP contribution in [0, 0.1) is 0 Å². The highest BCUT2D eigenvalue weighted by Gasteiger charge is 2.03. The van der Waals surface area contributed by atoms with Gasteiger partial charge in [-0.25, -0.2) is 0 Å². The minimum atomic E-state index is 0.00872. The number of anilines is 1. The summed E-state index contributed by atoms with van der Waals surface area (Å²) in [5, 5.41) is 2.81. The van der Waals surface area contributed by atoms with Crippen molar-refractivity contribution >= 4 is 11.6 Å². The highest BCUT2D eigenvalue weighted by atomic mass is 16.5. The molecule has 1 rings (SSSR count). The van der Waals surface area contributed by atoms with E-state index in [0.717, 1.165) is 31.0 Å². The predicted molar refractivity (Wildman–Crippen MR) is 97.3 cm³/mol. The summed E-state index contributed by atoms with van der Waals surface area (Å²) in [7, 11) is 2.02. The zero-order valence-corrected chi connectivity index (χ0v) is 14.9. The van der Waals surface area contributed by atoms with Crippen molar-refractivity contribution in [1.82, 2.24) is 5.32 Å². The summed E-state index contributed by atoms with van der Waals surface area (Å²) in [5.74, 6) is 0.928. The van der Waals surface area contributed by atoms with E-state index in [9.17, 15) is 4.79 Å². The number of carbonyl (C=O) groups is 1. The van der Waals surface area contributed by atoms with Gasteiger partial charge < -0.3 is 15.0 Å². The van der Waals surface area contributed by atoms with E-state index >= 15 is 0 Å². The lowest BCUT2D eigenvalue weighted by atomic mass is 10.1. The second-order valence-corrected chi connectivity index (χ2v) is 6.02. The van der Waals surface area contributed by atoms with Crippen LogP contribution in [0.4, 0.5) is 5.69 Å². The van der Waals surface area contributed by atoms with Crippen molar-refractivity contribution in [2.24, 2.45) is 0 Å². The number of carbonyl (C=O) groups excluding carboxylic acids is 1. The lowest BCUT2D eigenvalue weighted by Crippen LogP contribution is -2.31. The zero-order valence-electron chi connectivity index (χ0n) is 14.9. The molecule has 1 N–H and O–H groups in total. The first-order valence-corrected chi connectivity index (χ1v) is 8.82. The molecule has 0 spiro atoms. The first-order valence-electron chi connectivity index (χ1n) is 8.82. The molecule has 0 bridgehead atoms. The van der Waals surface area contributed by atoms with E-state index in [0.29, 0.717) is 6.54 Å². The minimum absolute atomic E-state index is 0.00872. The molecule has 0 aromatic heterocycles. The van der Waals surface area contributed by atoms with Crippen LogP contribution in [-0.4, -0.2) is 32.7 Å². The molecule has 0 aliphatic rings. The number of rotatable bonds is 12. The maximum atomic E-state index is 10.9. The summed E-state index contributed by atoms with van der Waals surface area (Å²) in [4.78, 5) is 13.0. The fraction of sp³-hybridized carbons (Fsp3) is 0.632. The van der Waals surface area contributed by atoms with Gasteiger partial charge in [0.1, 0.15) is 5.75 Å². The van der Waals surface area contributed by atoms with Crippen LogP contribution in [-0.2, 0) is 4.79 Å². The van der Waals surface area contributed by atoms with Gasteiger partial charge in [0.05, 0.1) is 6.61 Å². The Morgan fingerprint density at radius 2 is 1.91 bits per heavy atom. The molecular formula is C19H32N2O2. The van der Waals surface area contributed by atoms with Crippen LogP contribution >= 0.6 is 0 Å². The molecule has 0 unspecified atom stereocenters. The molecule has 0 aliphatic carbocycles. The van der Waals surface area contributed by atoms with Crippen LogP contribution in [0.1, 0.15) is 52.4 Å². The Morgan fingerprint density at radius 1 is 1.17 bits per heavy atom. The number of amides is 1. The maximum Gasteiger partial charge on any atom is 0.216 e. The lowest BCUT2D eigenvalue weighted by Gasteiger charge is -2.20. The Bertz CT molecular complexity index is 449. The van der Waals surface area contributed by atoms with Gasteiger partial charge in [-0.2, -0.15) is 0 Å². The number of nitrogens with zero attached hydrogens (tertiary/aromatic N) is 1. The van der Waals surface area contributed by atoms with Gasteiger partial charge in [-0.1, -0.05) is 45.1 Å². The van der Waals surface area contributed by atoms with Crippen molar-refractivity contribution < 1.29 is 9.53 Å². The maximum absolute atomic E-state index is 10.9. The van der Waals surface area contributed by atoms with Crippen LogP contribution < -0.4 is 15.0 Å². The highest BCUT2D eigenvalue weighted by molar-refractivity contribution is 5.72. The van der Waals surface area contributed by atoms with E-state index in [4.69, 9.17) is 4.74 Å². The van der Waals surface area contributed by atoms with E-state index in [1.165, 1.54) is 39.0 Å². The van der Waals surface area contributed by atoms with Crippen LogP contribution in [0.5, 0.6) is 5.75 Å². The number of nitrogens with one attached hydrogen (secondary N) is 1. The Hall–Kier alpha value is -1.71. The average Bonchev–Trinajstić information content (AvgIpc) is 2.54. The van der Waals surface area contributed by atoms with Crippen molar-refractivity contribution in [1.29, 1.82) is 0 Å². The summed E-state index contributed by atoms with van der Waals surface area (Å²) in [6, 6.07) is 8.14. The highest BCUT2D eigenvalue weighted by Crippen LogP contribution is 2.20. The summed E-state index contributed by atoms with van der Waals surface area (Å²) in [6.45, 7) is 5.99. The molecule has 1 aromatic rings. The van der Waals surface area contributed by atoms with E-state index in [2.05, 4.69) is 29.3 Å². The molecule has 0 radical (unpaired) electrons. The van der Waals surface area contributed by atoms with Gasteiger partial charge in [-0.05, 0) is 18.6 Å². The average molecular weight is 320 g/mol. The topological polar surface area (TPSA) is 41.6 Å². The van der Waals surface area contributed by atoms with E-state index < -0.39 is 0 Å². The van der Waals surface area contributed by atoms with Crippen LogP contribution in [0.15, 0.2) is 24.3 Å². The largest absolute Gasteiger partial charge is 0.494 e. The van der Waals surface area contributed by atoms with Crippen molar-refractivity contribution in [2.75, 3.05) is 31.6 Å². The van der Waals surface area contributed by atoms with E-state index in [1.807, 2.05) is 19.2 Å². The van der Waals surface area contributed by atoms with E-state index in [-0.39, 0.29) is 5.91 Å². The second kappa shape index (κ2) is 11.8. The van der Waals surface area contributed by atoms with Gasteiger partial charge in [0, 0.05) is 38.8 Å². The molecule has 0 saturated heterocycles. The number of benzene rings is 1. The molecule has 0 heterocycles. The normalized spacial score (nSPS) is 10.4. The van der Waals surface area contributed by atoms with Crippen LogP contribution in [0.2, 0.25) is 0 Å². The third-order valence-corrected chi connectivity index (χ3v) is 3.85. The summed E-state index contributed by atoms with van der Waals surface area (Å²) in [6.07, 6.45) is 7.64. The Morgan fingerprint density at radius 3 is 2.65 bits per heavy atom. The third-order valence-electron chi connectivity index (χ3n) is 3.85. The van der Waals surface area contributed by atoms with Gasteiger partial charge >= 0.3 is 0 Å². The summed E-state index contributed by atoms with van der Waals surface area (Å²) in [5.41, 5.74) is 1.11. The molecule has 23 heavy (non-hydrogen) atoms. The van der Waals surface area contributed by atoms with Gasteiger partial charge in [0.15, 0.2) is 0 Å². The molecule has 0 atom stereocenters. The summed E-state index contributed by atoms with van der Waals surface area (Å²) >= 11 is 0. The number of hydrogen-bond acceptors (Lipinski definition) is 3. The van der Waals surface area contributed by atoms with Crippen molar-refractivity contribution in [2.45, 2.75) is 52.4 Å². The van der Waals surface area contributed by atoms with Gasteiger partial charge in [-0.3, -0.25) is 4.79 Å². The molecule has 4 nitrogen and oxygen atoms in total. The Balaban J connectivity index is 2.28. The van der Waals surface area contributed by atoms with Crippen LogP contribution in [0.25, 0.3) is 0 Å². The molecule has 0 saturated carbocycles. The molecule has 4 heteroatoms. The van der Waals surface area contributed by atoms with E-state index in [1.54, 1.807) is 0 Å². The molecule has 0 aliphatic heterocycles. The monoisotopic (exact) mass is 320 g/mol. The first-order chi connectivity index (χ1) is 11.1. The van der Waals surface area contributed by atoms with Gasteiger partial charge in [-0.15, -0.1) is 0 Å². The number of likely N-dealkylation sites (N-methyl/N-ethyl adjacent to an activating group) is 1.